The monoisotopic (exact) mass is 338 g/mol. The second-order valence-electron chi connectivity index (χ2n) is 5.30. The summed E-state index contributed by atoms with van der Waals surface area (Å²) >= 11 is 0. The highest BCUT2D eigenvalue weighted by Crippen LogP contribution is 2.09. The van der Waals surface area contributed by atoms with E-state index >= 15 is 0 Å². The molecule has 0 aliphatic heterocycles. The van der Waals surface area contributed by atoms with Crippen molar-refractivity contribution in [2.24, 2.45) is 0 Å². The zero-order valence-corrected chi connectivity index (χ0v) is 13.1. The molecule has 0 unspecified atom stereocenters. The van der Waals surface area contributed by atoms with Gasteiger partial charge in [0.25, 0.3) is 5.91 Å². The lowest BCUT2D eigenvalue weighted by Crippen LogP contribution is -2.42. The van der Waals surface area contributed by atoms with Gasteiger partial charge < -0.3 is 0 Å². The predicted molar refractivity (Wildman–Crippen MR) is 89.3 cm³/mol. The summed E-state index contributed by atoms with van der Waals surface area (Å²) in [6.07, 6.45) is 3.63. The van der Waals surface area contributed by atoms with Crippen molar-refractivity contribution in [2.75, 3.05) is 0 Å². The number of nitrogens with one attached hydrogen (secondary N) is 2. The van der Waals surface area contributed by atoms with Gasteiger partial charge in [-0.25, -0.2) is 9.07 Å². The second-order valence-corrected chi connectivity index (χ2v) is 5.30. The Hall–Kier alpha value is -3.48. The van der Waals surface area contributed by atoms with Gasteiger partial charge >= 0.3 is 0 Å². The molecule has 25 heavy (non-hydrogen) atoms. The molecule has 0 saturated carbocycles. The van der Waals surface area contributed by atoms with Crippen LogP contribution < -0.4 is 10.9 Å². The number of aromatic nitrogens is 2. The SMILES string of the molecule is O=C(Cc1ccc(-n2cccn2)cc1)NNC(=O)c1ccc(F)cc1. The molecule has 0 spiro atoms. The minimum atomic E-state index is -0.512. The highest BCUT2D eigenvalue weighted by Gasteiger charge is 2.08. The zero-order chi connectivity index (χ0) is 17.6. The van der Waals surface area contributed by atoms with E-state index in [2.05, 4.69) is 16.0 Å². The number of hydrazine groups is 1. The number of carbonyl (C=O) groups is 2. The molecule has 2 amide bonds. The summed E-state index contributed by atoms with van der Waals surface area (Å²) in [7, 11) is 0. The molecule has 2 N–H and O–H groups in total. The molecule has 1 aromatic heterocycles. The van der Waals surface area contributed by atoms with Crippen molar-refractivity contribution in [3.05, 3.63) is 83.9 Å². The second kappa shape index (κ2) is 7.39. The molecule has 1 heterocycles. The summed E-state index contributed by atoms with van der Waals surface area (Å²) in [5, 5.41) is 4.13. The van der Waals surface area contributed by atoms with Crippen LogP contribution in [0.5, 0.6) is 0 Å². The van der Waals surface area contributed by atoms with Crippen molar-refractivity contribution in [3.8, 4) is 5.69 Å². The fourth-order valence-corrected chi connectivity index (χ4v) is 2.22. The van der Waals surface area contributed by atoms with Gasteiger partial charge in [-0.3, -0.25) is 20.4 Å². The molecular weight excluding hydrogens is 323 g/mol. The third-order valence-corrected chi connectivity index (χ3v) is 3.49. The first kappa shape index (κ1) is 16.4. The van der Waals surface area contributed by atoms with E-state index in [4.69, 9.17) is 0 Å². The number of amides is 2. The van der Waals surface area contributed by atoms with Gasteiger partial charge in [0.15, 0.2) is 0 Å². The van der Waals surface area contributed by atoms with Crippen LogP contribution in [0.15, 0.2) is 67.0 Å². The summed E-state index contributed by atoms with van der Waals surface area (Å²) < 4.78 is 14.5. The highest BCUT2D eigenvalue weighted by atomic mass is 19.1. The molecule has 0 radical (unpaired) electrons. The first-order valence-electron chi connectivity index (χ1n) is 7.55. The maximum absolute atomic E-state index is 12.8. The van der Waals surface area contributed by atoms with Crippen molar-refractivity contribution in [3.63, 3.8) is 0 Å². The Morgan fingerprint density at radius 3 is 2.36 bits per heavy atom. The molecule has 7 heteroatoms. The third-order valence-electron chi connectivity index (χ3n) is 3.49. The molecule has 0 bridgehead atoms. The predicted octanol–water partition coefficient (Wildman–Crippen LogP) is 2.02. The molecular formula is C18H15FN4O2. The van der Waals surface area contributed by atoms with Crippen LogP contribution in [0.4, 0.5) is 4.39 Å². The van der Waals surface area contributed by atoms with Gasteiger partial charge in [0, 0.05) is 18.0 Å². The van der Waals surface area contributed by atoms with Crippen LogP contribution in [0.1, 0.15) is 15.9 Å². The molecule has 2 aromatic carbocycles. The molecule has 0 saturated heterocycles. The standard InChI is InChI=1S/C18H15FN4O2/c19-15-6-4-14(5-7-15)18(25)22-21-17(24)12-13-2-8-16(9-3-13)23-11-1-10-20-23/h1-11H,12H2,(H,21,24)(H,22,25). The van der Waals surface area contributed by atoms with Crippen molar-refractivity contribution in [2.45, 2.75) is 6.42 Å². The minimum Gasteiger partial charge on any atom is -0.273 e. The first-order chi connectivity index (χ1) is 12.1. The van der Waals surface area contributed by atoms with Gasteiger partial charge in [-0.05, 0) is 48.0 Å². The van der Waals surface area contributed by atoms with E-state index in [0.717, 1.165) is 11.3 Å². The van der Waals surface area contributed by atoms with E-state index in [0.29, 0.717) is 0 Å². The molecule has 0 aliphatic carbocycles. The van der Waals surface area contributed by atoms with Gasteiger partial charge in [-0.1, -0.05) is 12.1 Å². The van der Waals surface area contributed by atoms with Crippen LogP contribution in [0, 0.1) is 5.82 Å². The van der Waals surface area contributed by atoms with E-state index in [-0.39, 0.29) is 17.9 Å². The van der Waals surface area contributed by atoms with Crippen LogP contribution in [-0.2, 0) is 11.2 Å². The molecule has 3 aromatic rings. The molecule has 0 atom stereocenters. The van der Waals surface area contributed by atoms with Crippen molar-refractivity contribution < 1.29 is 14.0 Å². The molecule has 3 rings (SSSR count). The van der Waals surface area contributed by atoms with Gasteiger partial charge in [-0.2, -0.15) is 5.10 Å². The van der Waals surface area contributed by atoms with Crippen LogP contribution in [-0.4, -0.2) is 21.6 Å². The van der Waals surface area contributed by atoms with Crippen LogP contribution in [0.3, 0.4) is 0 Å². The number of hydrogen-bond acceptors (Lipinski definition) is 3. The number of halogens is 1. The Bertz CT molecular complexity index is 859. The quantitative estimate of drug-likeness (QED) is 0.715. The van der Waals surface area contributed by atoms with Gasteiger partial charge in [0.2, 0.25) is 5.91 Å². The largest absolute Gasteiger partial charge is 0.273 e. The summed E-state index contributed by atoms with van der Waals surface area (Å²) in [5.74, 6) is -1.30. The molecule has 6 nitrogen and oxygen atoms in total. The van der Waals surface area contributed by atoms with E-state index in [1.165, 1.54) is 24.3 Å². The lowest BCUT2D eigenvalue weighted by atomic mass is 10.1. The van der Waals surface area contributed by atoms with Crippen molar-refractivity contribution in [1.29, 1.82) is 0 Å². The summed E-state index contributed by atoms with van der Waals surface area (Å²) in [6, 6.07) is 14.2. The van der Waals surface area contributed by atoms with E-state index in [1.54, 1.807) is 10.9 Å². The van der Waals surface area contributed by atoms with E-state index in [9.17, 15) is 14.0 Å². The zero-order valence-electron chi connectivity index (χ0n) is 13.1. The van der Waals surface area contributed by atoms with Crippen LogP contribution >= 0.6 is 0 Å². The minimum absolute atomic E-state index is 0.114. The van der Waals surface area contributed by atoms with Crippen LogP contribution in [0.2, 0.25) is 0 Å². The van der Waals surface area contributed by atoms with Gasteiger partial charge in [-0.15, -0.1) is 0 Å². The Morgan fingerprint density at radius 1 is 1.00 bits per heavy atom. The van der Waals surface area contributed by atoms with E-state index in [1.807, 2.05) is 36.5 Å². The van der Waals surface area contributed by atoms with Crippen molar-refractivity contribution >= 4 is 11.8 Å². The number of benzene rings is 2. The van der Waals surface area contributed by atoms with E-state index < -0.39 is 11.7 Å². The number of nitrogens with zero attached hydrogens (tertiary/aromatic N) is 2. The van der Waals surface area contributed by atoms with Crippen LogP contribution in [0.25, 0.3) is 5.69 Å². The van der Waals surface area contributed by atoms with Gasteiger partial charge in [0.05, 0.1) is 12.1 Å². The fraction of sp³-hybridized carbons (Fsp3) is 0.0556. The number of carbonyl (C=O) groups excluding carboxylic acids is 2. The maximum atomic E-state index is 12.8. The maximum Gasteiger partial charge on any atom is 0.269 e. The smallest absolute Gasteiger partial charge is 0.269 e. The highest BCUT2D eigenvalue weighted by molar-refractivity contribution is 5.95. The Balaban J connectivity index is 1.52. The molecule has 0 fully saturated rings. The lowest BCUT2D eigenvalue weighted by Gasteiger charge is -2.08. The Labute approximate surface area is 143 Å². The molecule has 0 aliphatic rings. The summed E-state index contributed by atoms with van der Waals surface area (Å²) in [6.45, 7) is 0. The van der Waals surface area contributed by atoms with Gasteiger partial charge in [0.1, 0.15) is 5.82 Å². The third kappa shape index (κ3) is 4.29. The lowest BCUT2D eigenvalue weighted by molar-refractivity contribution is -0.121. The normalized spacial score (nSPS) is 10.3. The first-order valence-corrected chi connectivity index (χ1v) is 7.55. The fourth-order valence-electron chi connectivity index (χ4n) is 2.22. The van der Waals surface area contributed by atoms with Crippen molar-refractivity contribution in [1.82, 2.24) is 20.6 Å². The number of hydrogen-bond donors (Lipinski definition) is 2. The Morgan fingerprint density at radius 2 is 1.72 bits per heavy atom. The number of rotatable bonds is 4. The average Bonchev–Trinajstić information content (AvgIpc) is 3.15. The Kier molecular flexibility index (Phi) is 4.84. The topological polar surface area (TPSA) is 76.0 Å². The molecule has 126 valence electrons. The summed E-state index contributed by atoms with van der Waals surface area (Å²) in [5.41, 5.74) is 6.57. The average molecular weight is 338 g/mol. The summed E-state index contributed by atoms with van der Waals surface area (Å²) in [4.78, 5) is 23.7.